The van der Waals surface area contributed by atoms with Crippen LogP contribution in [0.1, 0.15) is 6.42 Å². The molecule has 1 aliphatic rings. The Balaban J connectivity index is 1.88. The maximum atomic E-state index is 13.4. The van der Waals surface area contributed by atoms with Gasteiger partial charge in [-0.2, -0.15) is 0 Å². The Morgan fingerprint density at radius 1 is 1.26 bits per heavy atom. The summed E-state index contributed by atoms with van der Waals surface area (Å²) in [5, 5.41) is 0.150. The molecule has 0 radical (unpaired) electrons. The van der Waals surface area contributed by atoms with Crippen LogP contribution < -0.4 is 4.90 Å². The van der Waals surface area contributed by atoms with E-state index in [1.807, 2.05) is 16.8 Å². The molecule has 0 N–H and O–H groups in total. The topological polar surface area (TPSA) is 32.3 Å². The highest BCUT2D eigenvalue weighted by molar-refractivity contribution is 6.32. The Labute approximate surface area is 136 Å². The van der Waals surface area contributed by atoms with E-state index in [1.165, 1.54) is 0 Å². The first-order valence-corrected chi connectivity index (χ1v) is 7.71. The highest BCUT2D eigenvalue weighted by Crippen LogP contribution is 2.29. The molecule has 1 aromatic heterocycles. The van der Waals surface area contributed by atoms with Crippen molar-refractivity contribution in [3.63, 3.8) is 0 Å². The number of benzene rings is 1. The standard InChI is InChI=1S/C15H16ClF3N4/c1-22(5-3-17)9-2-4-23(8-9)15-14(16)20-12-6-10(18)11(19)7-13(12)21-15/h6-7,9H,2-5,8H2,1H3. The molecule has 0 bridgehead atoms. The molecule has 1 atom stereocenters. The SMILES string of the molecule is CN(CCF)C1CCN(c2nc3cc(F)c(F)cc3nc2Cl)C1. The summed E-state index contributed by atoms with van der Waals surface area (Å²) in [4.78, 5) is 12.3. The van der Waals surface area contributed by atoms with Crippen molar-refractivity contribution in [3.8, 4) is 0 Å². The number of rotatable bonds is 4. The molecule has 1 unspecified atom stereocenters. The monoisotopic (exact) mass is 344 g/mol. The second-order valence-electron chi connectivity index (χ2n) is 5.65. The lowest BCUT2D eigenvalue weighted by molar-refractivity contribution is 0.235. The molecule has 0 saturated carbocycles. The van der Waals surface area contributed by atoms with Crippen molar-refractivity contribution in [1.82, 2.24) is 14.9 Å². The van der Waals surface area contributed by atoms with Crippen LogP contribution in [0.4, 0.5) is 19.0 Å². The average molecular weight is 345 g/mol. The van der Waals surface area contributed by atoms with Gasteiger partial charge in [0.25, 0.3) is 0 Å². The maximum absolute atomic E-state index is 13.4. The zero-order chi connectivity index (χ0) is 16.6. The molecule has 0 aliphatic carbocycles. The summed E-state index contributed by atoms with van der Waals surface area (Å²) >= 11 is 6.16. The van der Waals surface area contributed by atoms with E-state index in [2.05, 4.69) is 9.97 Å². The first-order chi connectivity index (χ1) is 11.0. The molecular weight excluding hydrogens is 329 g/mol. The number of fused-ring (bicyclic) bond motifs is 1. The highest BCUT2D eigenvalue weighted by atomic mass is 35.5. The number of hydrogen-bond acceptors (Lipinski definition) is 4. The third-order valence-corrected chi connectivity index (χ3v) is 4.42. The minimum atomic E-state index is -0.982. The summed E-state index contributed by atoms with van der Waals surface area (Å²) in [5.74, 6) is -1.51. The van der Waals surface area contributed by atoms with E-state index in [9.17, 15) is 13.2 Å². The van der Waals surface area contributed by atoms with E-state index in [0.717, 1.165) is 18.6 Å². The van der Waals surface area contributed by atoms with Gasteiger partial charge in [0.05, 0.1) is 11.0 Å². The van der Waals surface area contributed by atoms with Crippen molar-refractivity contribution in [2.75, 3.05) is 38.3 Å². The number of aromatic nitrogens is 2. The number of nitrogens with zero attached hydrogens (tertiary/aromatic N) is 4. The minimum Gasteiger partial charge on any atom is -0.352 e. The highest BCUT2D eigenvalue weighted by Gasteiger charge is 2.28. The Kier molecular flexibility index (Phi) is 4.59. The van der Waals surface area contributed by atoms with E-state index < -0.39 is 18.3 Å². The van der Waals surface area contributed by atoms with E-state index in [1.54, 1.807) is 0 Å². The summed E-state index contributed by atoms with van der Waals surface area (Å²) in [6.07, 6.45) is 0.852. The lowest BCUT2D eigenvalue weighted by Crippen LogP contribution is -2.36. The molecule has 4 nitrogen and oxygen atoms in total. The molecule has 2 heterocycles. The van der Waals surface area contributed by atoms with Crippen LogP contribution in [0.25, 0.3) is 11.0 Å². The van der Waals surface area contributed by atoms with E-state index >= 15 is 0 Å². The van der Waals surface area contributed by atoms with Gasteiger partial charge in [0, 0.05) is 37.8 Å². The number of likely N-dealkylation sites (N-methyl/N-ethyl adjacent to an activating group) is 1. The van der Waals surface area contributed by atoms with Crippen molar-refractivity contribution in [2.45, 2.75) is 12.5 Å². The van der Waals surface area contributed by atoms with Gasteiger partial charge in [-0.1, -0.05) is 11.6 Å². The first-order valence-electron chi connectivity index (χ1n) is 7.33. The van der Waals surface area contributed by atoms with Crippen molar-refractivity contribution in [2.24, 2.45) is 0 Å². The summed E-state index contributed by atoms with van der Waals surface area (Å²) in [6.45, 7) is 1.32. The fourth-order valence-electron chi connectivity index (χ4n) is 2.83. The van der Waals surface area contributed by atoms with Gasteiger partial charge in [0.2, 0.25) is 0 Å². The lowest BCUT2D eigenvalue weighted by atomic mass is 10.2. The predicted octanol–water partition coefficient (Wildman–Crippen LogP) is 3.04. The molecule has 124 valence electrons. The third kappa shape index (κ3) is 3.21. The van der Waals surface area contributed by atoms with Gasteiger partial charge in [0.15, 0.2) is 22.6 Å². The van der Waals surface area contributed by atoms with Gasteiger partial charge < -0.3 is 4.90 Å². The Hall–Kier alpha value is -1.60. The molecule has 1 aromatic carbocycles. The van der Waals surface area contributed by atoms with Crippen molar-refractivity contribution in [3.05, 3.63) is 28.9 Å². The van der Waals surface area contributed by atoms with Gasteiger partial charge in [-0.25, -0.2) is 23.1 Å². The molecule has 3 rings (SSSR count). The average Bonchev–Trinajstić information content (AvgIpc) is 2.98. The van der Waals surface area contributed by atoms with E-state index in [-0.39, 0.29) is 22.2 Å². The number of halogens is 4. The molecule has 23 heavy (non-hydrogen) atoms. The molecule has 1 fully saturated rings. The third-order valence-electron chi connectivity index (χ3n) is 4.17. The molecule has 0 amide bonds. The van der Waals surface area contributed by atoms with Crippen LogP contribution in [-0.4, -0.2) is 54.3 Å². The number of alkyl halides is 1. The molecule has 2 aromatic rings. The summed E-state index contributed by atoms with van der Waals surface area (Å²) in [5.41, 5.74) is 0.465. The lowest BCUT2D eigenvalue weighted by Gasteiger charge is -2.24. The number of hydrogen-bond donors (Lipinski definition) is 0. The van der Waals surface area contributed by atoms with Crippen LogP contribution in [0.15, 0.2) is 12.1 Å². The summed E-state index contributed by atoms with van der Waals surface area (Å²) < 4.78 is 39.1. The Morgan fingerprint density at radius 2 is 1.91 bits per heavy atom. The normalized spacial score (nSPS) is 18.3. The number of anilines is 1. The quantitative estimate of drug-likeness (QED) is 0.853. The second-order valence-corrected chi connectivity index (χ2v) is 6.01. The van der Waals surface area contributed by atoms with Gasteiger partial charge in [-0.05, 0) is 13.5 Å². The summed E-state index contributed by atoms with van der Waals surface area (Å²) in [6, 6.07) is 2.19. The minimum absolute atomic E-state index is 0.150. The maximum Gasteiger partial charge on any atom is 0.172 e. The fourth-order valence-corrected chi connectivity index (χ4v) is 3.08. The molecular formula is C15H16ClF3N4. The van der Waals surface area contributed by atoms with Gasteiger partial charge >= 0.3 is 0 Å². The zero-order valence-electron chi connectivity index (χ0n) is 12.6. The smallest absolute Gasteiger partial charge is 0.172 e. The van der Waals surface area contributed by atoms with Crippen molar-refractivity contribution < 1.29 is 13.2 Å². The first kappa shape index (κ1) is 16.3. The Bertz CT molecular complexity index is 727. The van der Waals surface area contributed by atoms with Crippen LogP contribution >= 0.6 is 11.6 Å². The largest absolute Gasteiger partial charge is 0.352 e. The second kappa shape index (κ2) is 6.49. The van der Waals surface area contributed by atoms with Gasteiger partial charge in [0.1, 0.15) is 6.67 Å². The van der Waals surface area contributed by atoms with Gasteiger partial charge in [-0.15, -0.1) is 0 Å². The Morgan fingerprint density at radius 3 is 2.57 bits per heavy atom. The molecule has 0 spiro atoms. The van der Waals surface area contributed by atoms with E-state index in [4.69, 9.17) is 11.6 Å². The van der Waals surface area contributed by atoms with Crippen LogP contribution in [0.5, 0.6) is 0 Å². The van der Waals surface area contributed by atoms with Gasteiger partial charge in [-0.3, -0.25) is 4.90 Å². The predicted molar refractivity (Wildman–Crippen MR) is 83.7 cm³/mol. The zero-order valence-corrected chi connectivity index (χ0v) is 13.3. The van der Waals surface area contributed by atoms with Crippen LogP contribution in [0.3, 0.4) is 0 Å². The van der Waals surface area contributed by atoms with Crippen LogP contribution in [0.2, 0.25) is 5.15 Å². The van der Waals surface area contributed by atoms with E-state index in [0.29, 0.717) is 25.5 Å². The van der Waals surface area contributed by atoms with Crippen molar-refractivity contribution in [1.29, 1.82) is 0 Å². The van der Waals surface area contributed by atoms with Crippen molar-refractivity contribution >= 4 is 28.5 Å². The van der Waals surface area contributed by atoms with Crippen LogP contribution in [0, 0.1) is 11.6 Å². The fraction of sp³-hybridized carbons (Fsp3) is 0.467. The molecule has 1 aliphatic heterocycles. The molecule has 8 heteroatoms. The van der Waals surface area contributed by atoms with Crippen LogP contribution in [-0.2, 0) is 0 Å². The summed E-state index contributed by atoms with van der Waals surface area (Å²) in [7, 11) is 1.87. The molecule has 1 saturated heterocycles.